The SMILES string of the molecule is C=CCn1c(=O)c2cnc(Nc3cc4c5c(c3)CN(C)CC5OC4)nc2n1-c1ccc2c(n1)C(O)(CC)CC2. The van der Waals surface area contributed by atoms with Crippen LogP contribution in [-0.4, -0.2) is 47.9 Å². The molecule has 0 radical (unpaired) electrons. The molecular formula is C29H31N7O3. The van der Waals surface area contributed by atoms with E-state index < -0.39 is 5.60 Å². The van der Waals surface area contributed by atoms with Gasteiger partial charge in [0.2, 0.25) is 5.95 Å². The van der Waals surface area contributed by atoms with E-state index in [2.05, 4.69) is 41.0 Å². The molecule has 2 N–H and O–H groups in total. The fourth-order valence-corrected chi connectivity index (χ4v) is 6.31. The summed E-state index contributed by atoms with van der Waals surface area (Å²) in [6, 6.07) is 8.10. The topological polar surface area (TPSA) is 110 Å². The van der Waals surface area contributed by atoms with Crippen molar-refractivity contribution in [2.24, 2.45) is 0 Å². The maximum Gasteiger partial charge on any atom is 0.278 e. The Balaban J connectivity index is 1.33. The van der Waals surface area contributed by atoms with Gasteiger partial charge in [0.15, 0.2) is 11.5 Å². The van der Waals surface area contributed by atoms with Gasteiger partial charge >= 0.3 is 0 Å². The van der Waals surface area contributed by atoms with Gasteiger partial charge in [0.05, 0.1) is 24.9 Å². The minimum Gasteiger partial charge on any atom is -0.384 e. The van der Waals surface area contributed by atoms with E-state index in [1.807, 2.05) is 19.1 Å². The number of nitrogens with zero attached hydrogens (tertiary/aromatic N) is 6. The third-order valence-electron chi connectivity index (χ3n) is 8.28. The number of aliphatic hydroxyl groups is 1. The van der Waals surface area contributed by atoms with Crippen LogP contribution in [0.25, 0.3) is 16.9 Å². The first kappa shape index (κ1) is 24.2. The van der Waals surface area contributed by atoms with Crippen molar-refractivity contribution in [3.63, 3.8) is 0 Å². The summed E-state index contributed by atoms with van der Waals surface area (Å²) in [6.07, 6.45) is 5.34. The number of likely N-dealkylation sites (N-methyl/N-ethyl adjacent to an activating group) is 1. The molecule has 5 heterocycles. The number of benzene rings is 1. The molecule has 10 heteroatoms. The van der Waals surface area contributed by atoms with Gasteiger partial charge < -0.3 is 15.2 Å². The number of pyridine rings is 1. The van der Waals surface area contributed by atoms with Gasteiger partial charge in [-0.05, 0) is 66.8 Å². The number of fused-ring (bicyclic) bond motifs is 2. The van der Waals surface area contributed by atoms with Gasteiger partial charge in [-0.1, -0.05) is 19.1 Å². The highest BCUT2D eigenvalue weighted by Crippen LogP contribution is 2.40. The molecule has 0 fully saturated rings. The molecule has 0 saturated heterocycles. The monoisotopic (exact) mass is 525 g/mol. The van der Waals surface area contributed by atoms with E-state index in [9.17, 15) is 9.90 Å². The normalized spacial score (nSPS) is 21.8. The lowest BCUT2D eigenvalue weighted by Crippen LogP contribution is -2.29. The molecule has 3 aromatic heterocycles. The van der Waals surface area contributed by atoms with Crippen LogP contribution in [0, 0.1) is 0 Å². The van der Waals surface area contributed by atoms with Crippen LogP contribution in [0.5, 0.6) is 0 Å². The number of hydrogen-bond donors (Lipinski definition) is 2. The van der Waals surface area contributed by atoms with Crippen LogP contribution in [0.15, 0.2) is 47.9 Å². The second-order valence-corrected chi connectivity index (χ2v) is 10.8. The largest absolute Gasteiger partial charge is 0.384 e. The summed E-state index contributed by atoms with van der Waals surface area (Å²) in [5, 5.41) is 14.9. The van der Waals surface area contributed by atoms with Crippen molar-refractivity contribution in [3.05, 3.63) is 81.4 Å². The number of aryl methyl sites for hydroxylation is 1. The summed E-state index contributed by atoms with van der Waals surface area (Å²) in [7, 11) is 2.10. The highest BCUT2D eigenvalue weighted by atomic mass is 16.5. The molecule has 0 saturated carbocycles. The lowest BCUT2D eigenvalue weighted by molar-refractivity contribution is 0.0305. The van der Waals surface area contributed by atoms with Crippen LogP contribution in [0.3, 0.4) is 0 Å². The second kappa shape index (κ2) is 8.84. The molecule has 4 aromatic rings. The predicted molar refractivity (Wildman–Crippen MR) is 147 cm³/mol. The highest BCUT2D eigenvalue weighted by Gasteiger charge is 2.37. The van der Waals surface area contributed by atoms with E-state index in [4.69, 9.17) is 14.7 Å². The zero-order valence-electron chi connectivity index (χ0n) is 22.1. The fraction of sp³-hybridized carbons (Fsp3) is 0.379. The fourth-order valence-electron chi connectivity index (χ4n) is 6.31. The summed E-state index contributed by atoms with van der Waals surface area (Å²) < 4.78 is 9.28. The number of aromatic nitrogens is 5. The van der Waals surface area contributed by atoms with E-state index in [0.29, 0.717) is 47.9 Å². The van der Waals surface area contributed by atoms with Crippen molar-refractivity contribution in [2.75, 3.05) is 18.9 Å². The van der Waals surface area contributed by atoms with Crippen molar-refractivity contribution in [3.8, 4) is 5.82 Å². The van der Waals surface area contributed by atoms with E-state index >= 15 is 0 Å². The molecule has 0 amide bonds. The minimum atomic E-state index is -0.968. The predicted octanol–water partition coefficient (Wildman–Crippen LogP) is 3.47. The molecular weight excluding hydrogens is 494 g/mol. The van der Waals surface area contributed by atoms with Crippen molar-refractivity contribution in [1.82, 2.24) is 29.2 Å². The van der Waals surface area contributed by atoms with Gasteiger partial charge in [0, 0.05) is 25.0 Å². The van der Waals surface area contributed by atoms with E-state index in [1.165, 1.54) is 16.7 Å². The molecule has 0 spiro atoms. The van der Waals surface area contributed by atoms with Crippen LogP contribution in [0.2, 0.25) is 0 Å². The van der Waals surface area contributed by atoms with E-state index in [0.717, 1.165) is 30.8 Å². The average molecular weight is 526 g/mol. The minimum absolute atomic E-state index is 0.125. The number of nitrogens with one attached hydrogen (secondary N) is 1. The van der Waals surface area contributed by atoms with E-state index in [1.54, 1.807) is 21.6 Å². The number of hydrogen-bond acceptors (Lipinski definition) is 8. The Morgan fingerprint density at radius 3 is 2.92 bits per heavy atom. The van der Waals surface area contributed by atoms with Crippen molar-refractivity contribution in [2.45, 2.75) is 57.6 Å². The smallest absolute Gasteiger partial charge is 0.278 e. The summed E-state index contributed by atoms with van der Waals surface area (Å²) in [6.45, 7) is 8.42. The first-order valence-electron chi connectivity index (χ1n) is 13.4. The Hall–Kier alpha value is -3.86. The summed E-state index contributed by atoms with van der Waals surface area (Å²) in [4.78, 5) is 29.8. The Kier molecular flexibility index (Phi) is 5.48. The molecule has 10 nitrogen and oxygen atoms in total. The van der Waals surface area contributed by atoms with Crippen LogP contribution >= 0.6 is 0 Å². The Morgan fingerprint density at radius 2 is 2.10 bits per heavy atom. The number of anilines is 2. The van der Waals surface area contributed by atoms with Crippen LogP contribution in [0.4, 0.5) is 11.6 Å². The standard InChI is InChI=1S/C29H31N7O3/c1-4-10-35-27(37)21-13-30-28(31-20-11-18-14-34(3)15-22-24(18)19(12-20)16-39-22)33-26(21)36(35)23-7-6-17-8-9-29(38,5-2)25(17)32-23/h4,6-7,11-13,22,38H,1,5,8-10,14-16H2,2-3H3,(H,30,31,33). The summed E-state index contributed by atoms with van der Waals surface area (Å²) in [5.74, 6) is 0.902. The van der Waals surface area contributed by atoms with E-state index in [-0.39, 0.29) is 18.2 Å². The van der Waals surface area contributed by atoms with Crippen molar-refractivity contribution in [1.29, 1.82) is 0 Å². The molecule has 1 aliphatic carbocycles. The summed E-state index contributed by atoms with van der Waals surface area (Å²) >= 11 is 0. The van der Waals surface area contributed by atoms with Gasteiger partial charge in [-0.25, -0.2) is 19.3 Å². The maximum atomic E-state index is 13.4. The molecule has 3 aliphatic rings. The molecule has 2 aliphatic heterocycles. The van der Waals surface area contributed by atoms with Crippen molar-refractivity contribution < 1.29 is 9.84 Å². The first-order chi connectivity index (χ1) is 18.9. The Bertz CT molecular complexity index is 1710. The van der Waals surface area contributed by atoms with Gasteiger partial charge in [0.25, 0.3) is 5.56 Å². The molecule has 200 valence electrons. The quantitative estimate of drug-likeness (QED) is 0.368. The molecule has 39 heavy (non-hydrogen) atoms. The maximum absolute atomic E-state index is 13.4. The average Bonchev–Trinajstić information content (AvgIpc) is 3.57. The first-order valence-corrected chi connectivity index (χ1v) is 13.4. The Labute approximate surface area is 225 Å². The lowest BCUT2D eigenvalue weighted by Gasteiger charge is -2.29. The number of allylic oxidation sites excluding steroid dienone is 1. The zero-order valence-corrected chi connectivity index (χ0v) is 22.1. The van der Waals surface area contributed by atoms with Crippen LogP contribution in [0.1, 0.15) is 53.8 Å². The van der Waals surface area contributed by atoms with Gasteiger partial charge in [0.1, 0.15) is 11.0 Å². The summed E-state index contributed by atoms with van der Waals surface area (Å²) in [5.41, 5.74) is 5.57. The number of rotatable bonds is 6. The Morgan fingerprint density at radius 1 is 1.26 bits per heavy atom. The highest BCUT2D eigenvalue weighted by molar-refractivity contribution is 5.77. The number of ether oxygens (including phenoxy) is 1. The third-order valence-corrected chi connectivity index (χ3v) is 8.28. The second-order valence-electron chi connectivity index (χ2n) is 10.8. The van der Waals surface area contributed by atoms with Crippen molar-refractivity contribution >= 4 is 22.7 Å². The third kappa shape index (κ3) is 3.74. The van der Waals surface area contributed by atoms with Gasteiger partial charge in [-0.15, -0.1) is 6.58 Å². The van der Waals surface area contributed by atoms with Gasteiger partial charge in [-0.2, -0.15) is 4.98 Å². The van der Waals surface area contributed by atoms with Crippen LogP contribution in [-0.2, 0) is 36.5 Å². The molecule has 7 rings (SSSR count). The molecule has 2 unspecified atom stereocenters. The molecule has 0 bridgehead atoms. The molecule has 1 aromatic carbocycles. The lowest BCUT2D eigenvalue weighted by atomic mass is 9.94. The van der Waals surface area contributed by atoms with Gasteiger partial charge in [-0.3, -0.25) is 9.69 Å². The zero-order chi connectivity index (χ0) is 26.9. The molecule has 2 atom stereocenters. The van der Waals surface area contributed by atoms with Crippen LogP contribution < -0.4 is 10.9 Å².